The number of nitrogens with one attached hydrogen (secondary N) is 2. The van der Waals surface area contributed by atoms with Gasteiger partial charge in [-0.15, -0.1) is 0 Å². The van der Waals surface area contributed by atoms with Crippen LogP contribution >= 0.6 is 0 Å². The molecule has 78 valence electrons. The molecular formula is C9H20N2O2. The normalized spacial score (nSPS) is 13.0. The van der Waals surface area contributed by atoms with E-state index >= 15 is 0 Å². The quantitative estimate of drug-likeness (QED) is 0.544. The summed E-state index contributed by atoms with van der Waals surface area (Å²) in [5.74, 6) is -0.0260. The number of hydrogen-bond donors (Lipinski definition) is 3. The monoisotopic (exact) mass is 188 g/mol. The number of carbonyl (C=O) groups is 1. The standard InChI is InChI=1S/C9H20N2O2/c1-4-8(6-12)10-5-9(13)11-7(2)3/h7-8,10,12H,4-6H2,1-3H3,(H,11,13). The van der Waals surface area contributed by atoms with Crippen molar-refractivity contribution in [3.05, 3.63) is 0 Å². The highest BCUT2D eigenvalue weighted by Crippen LogP contribution is 1.87. The molecule has 0 rings (SSSR count). The molecule has 13 heavy (non-hydrogen) atoms. The molecule has 0 aliphatic carbocycles. The second-order valence-electron chi connectivity index (χ2n) is 3.39. The van der Waals surface area contributed by atoms with E-state index in [-0.39, 0.29) is 31.1 Å². The van der Waals surface area contributed by atoms with E-state index < -0.39 is 0 Å². The minimum absolute atomic E-state index is 0.0258. The lowest BCUT2D eigenvalue weighted by Crippen LogP contribution is -2.42. The molecule has 0 saturated carbocycles. The van der Waals surface area contributed by atoms with Crippen LogP contribution in [0.3, 0.4) is 0 Å². The molecule has 1 unspecified atom stereocenters. The molecule has 0 bridgehead atoms. The lowest BCUT2D eigenvalue weighted by molar-refractivity contribution is -0.120. The third kappa shape index (κ3) is 6.54. The topological polar surface area (TPSA) is 61.4 Å². The summed E-state index contributed by atoms with van der Waals surface area (Å²) < 4.78 is 0. The summed E-state index contributed by atoms with van der Waals surface area (Å²) in [5, 5.41) is 14.6. The van der Waals surface area contributed by atoms with Crippen LogP contribution < -0.4 is 10.6 Å². The summed E-state index contributed by atoms with van der Waals surface area (Å²) in [6, 6.07) is 0.196. The van der Waals surface area contributed by atoms with E-state index in [0.29, 0.717) is 0 Å². The Labute approximate surface area is 79.7 Å². The van der Waals surface area contributed by atoms with E-state index in [4.69, 9.17) is 5.11 Å². The van der Waals surface area contributed by atoms with Crippen LogP contribution in [-0.4, -0.2) is 36.2 Å². The number of aliphatic hydroxyl groups is 1. The third-order valence-electron chi connectivity index (χ3n) is 1.71. The Morgan fingerprint density at radius 3 is 2.46 bits per heavy atom. The molecule has 0 fully saturated rings. The number of hydrogen-bond acceptors (Lipinski definition) is 3. The van der Waals surface area contributed by atoms with Crippen molar-refractivity contribution in [2.45, 2.75) is 39.3 Å². The first-order chi connectivity index (χ1) is 6.10. The van der Waals surface area contributed by atoms with E-state index in [2.05, 4.69) is 10.6 Å². The first-order valence-corrected chi connectivity index (χ1v) is 4.73. The van der Waals surface area contributed by atoms with E-state index in [1.807, 2.05) is 20.8 Å². The van der Waals surface area contributed by atoms with Crippen molar-refractivity contribution < 1.29 is 9.90 Å². The van der Waals surface area contributed by atoms with Gasteiger partial charge in [0.2, 0.25) is 5.91 Å². The van der Waals surface area contributed by atoms with Crippen LogP contribution in [0.4, 0.5) is 0 Å². The van der Waals surface area contributed by atoms with Gasteiger partial charge >= 0.3 is 0 Å². The van der Waals surface area contributed by atoms with Crippen molar-refractivity contribution in [2.24, 2.45) is 0 Å². The highest BCUT2D eigenvalue weighted by Gasteiger charge is 2.07. The van der Waals surface area contributed by atoms with Gasteiger partial charge in [0.05, 0.1) is 13.2 Å². The zero-order chi connectivity index (χ0) is 10.3. The predicted molar refractivity (Wildman–Crippen MR) is 52.4 cm³/mol. The minimum Gasteiger partial charge on any atom is -0.395 e. The molecular weight excluding hydrogens is 168 g/mol. The Morgan fingerprint density at radius 1 is 1.46 bits per heavy atom. The molecule has 0 aromatic rings. The molecule has 0 saturated heterocycles. The van der Waals surface area contributed by atoms with Crippen LogP contribution in [0.2, 0.25) is 0 Å². The first kappa shape index (κ1) is 12.4. The van der Waals surface area contributed by atoms with Crippen molar-refractivity contribution in [2.75, 3.05) is 13.2 Å². The lowest BCUT2D eigenvalue weighted by Gasteiger charge is -2.14. The van der Waals surface area contributed by atoms with Gasteiger partial charge in [0, 0.05) is 12.1 Å². The summed E-state index contributed by atoms with van der Waals surface area (Å²) in [4.78, 5) is 11.1. The van der Waals surface area contributed by atoms with E-state index in [1.165, 1.54) is 0 Å². The van der Waals surface area contributed by atoms with Gasteiger partial charge in [0.15, 0.2) is 0 Å². The van der Waals surface area contributed by atoms with Gasteiger partial charge in [-0.2, -0.15) is 0 Å². The molecule has 3 N–H and O–H groups in total. The number of carbonyl (C=O) groups excluding carboxylic acids is 1. The second-order valence-corrected chi connectivity index (χ2v) is 3.39. The second kappa shape index (κ2) is 6.86. The Hall–Kier alpha value is -0.610. The van der Waals surface area contributed by atoms with E-state index in [0.717, 1.165) is 6.42 Å². The van der Waals surface area contributed by atoms with Crippen LogP contribution in [-0.2, 0) is 4.79 Å². The fourth-order valence-electron chi connectivity index (χ4n) is 0.948. The van der Waals surface area contributed by atoms with E-state index in [9.17, 15) is 4.79 Å². The molecule has 0 spiro atoms. The van der Waals surface area contributed by atoms with Gasteiger partial charge in [-0.3, -0.25) is 4.79 Å². The fourth-order valence-corrected chi connectivity index (χ4v) is 0.948. The lowest BCUT2D eigenvalue weighted by atomic mass is 10.2. The molecule has 0 heterocycles. The molecule has 4 nitrogen and oxygen atoms in total. The maximum atomic E-state index is 11.1. The van der Waals surface area contributed by atoms with Crippen molar-refractivity contribution >= 4 is 5.91 Å². The molecule has 0 radical (unpaired) electrons. The van der Waals surface area contributed by atoms with Crippen molar-refractivity contribution in [1.82, 2.24) is 10.6 Å². The van der Waals surface area contributed by atoms with Crippen LogP contribution in [0.15, 0.2) is 0 Å². The fraction of sp³-hybridized carbons (Fsp3) is 0.889. The molecule has 0 aromatic carbocycles. The largest absolute Gasteiger partial charge is 0.395 e. The Balaban J connectivity index is 3.56. The van der Waals surface area contributed by atoms with Crippen molar-refractivity contribution in [3.8, 4) is 0 Å². The van der Waals surface area contributed by atoms with E-state index in [1.54, 1.807) is 0 Å². The van der Waals surface area contributed by atoms with Gasteiger partial charge in [0.25, 0.3) is 0 Å². The summed E-state index contributed by atoms with van der Waals surface area (Å²) >= 11 is 0. The number of aliphatic hydroxyl groups excluding tert-OH is 1. The average Bonchev–Trinajstić information content (AvgIpc) is 2.05. The summed E-state index contributed by atoms with van der Waals surface area (Å²) in [5.41, 5.74) is 0. The zero-order valence-electron chi connectivity index (χ0n) is 8.63. The third-order valence-corrected chi connectivity index (χ3v) is 1.71. The Morgan fingerprint density at radius 2 is 2.08 bits per heavy atom. The van der Waals surface area contributed by atoms with Crippen LogP contribution in [0.25, 0.3) is 0 Å². The average molecular weight is 188 g/mol. The van der Waals surface area contributed by atoms with Gasteiger partial charge < -0.3 is 15.7 Å². The summed E-state index contributed by atoms with van der Waals surface area (Å²) in [7, 11) is 0. The molecule has 0 aromatic heterocycles. The smallest absolute Gasteiger partial charge is 0.234 e. The van der Waals surface area contributed by atoms with Crippen LogP contribution in [0.5, 0.6) is 0 Å². The predicted octanol–water partition coefficient (Wildman–Crippen LogP) is -0.128. The summed E-state index contributed by atoms with van der Waals surface area (Å²) in [6.07, 6.45) is 0.825. The molecule has 1 atom stereocenters. The zero-order valence-corrected chi connectivity index (χ0v) is 8.63. The molecule has 1 amide bonds. The molecule has 0 aliphatic heterocycles. The molecule has 0 aliphatic rings. The maximum Gasteiger partial charge on any atom is 0.234 e. The molecule has 4 heteroatoms. The highest BCUT2D eigenvalue weighted by atomic mass is 16.3. The number of rotatable bonds is 6. The number of amides is 1. The highest BCUT2D eigenvalue weighted by molar-refractivity contribution is 5.78. The summed E-state index contributed by atoms with van der Waals surface area (Å²) in [6.45, 7) is 6.15. The van der Waals surface area contributed by atoms with Gasteiger partial charge in [-0.05, 0) is 20.3 Å². The van der Waals surface area contributed by atoms with Gasteiger partial charge in [0.1, 0.15) is 0 Å². The van der Waals surface area contributed by atoms with Crippen LogP contribution in [0.1, 0.15) is 27.2 Å². The SMILES string of the molecule is CCC(CO)NCC(=O)NC(C)C. The maximum absolute atomic E-state index is 11.1. The van der Waals surface area contributed by atoms with Crippen molar-refractivity contribution in [3.63, 3.8) is 0 Å². The minimum atomic E-state index is -0.0260. The van der Waals surface area contributed by atoms with Crippen molar-refractivity contribution in [1.29, 1.82) is 0 Å². The Kier molecular flexibility index (Phi) is 6.54. The first-order valence-electron chi connectivity index (χ1n) is 4.73. The van der Waals surface area contributed by atoms with Gasteiger partial charge in [-0.1, -0.05) is 6.92 Å². The van der Waals surface area contributed by atoms with Gasteiger partial charge in [-0.25, -0.2) is 0 Å². The Bertz CT molecular complexity index is 145. The van der Waals surface area contributed by atoms with Crippen LogP contribution in [0, 0.1) is 0 Å².